The quantitative estimate of drug-likeness (QED) is 0.924. The lowest BCUT2D eigenvalue weighted by atomic mass is 9.79. The van der Waals surface area contributed by atoms with Crippen molar-refractivity contribution in [3.63, 3.8) is 0 Å². The fraction of sp³-hybridized carbons (Fsp3) is 0.688. The fourth-order valence-electron chi connectivity index (χ4n) is 3.55. The Hall–Kier alpha value is -0.580. The van der Waals surface area contributed by atoms with Crippen molar-refractivity contribution in [2.24, 2.45) is 5.92 Å². The van der Waals surface area contributed by atoms with Crippen molar-refractivity contribution in [3.05, 3.63) is 30.1 Å². The molecule has 3 nitrogen and oxygen atoms in total. The van der Waals surface area contributed by atoms with E-state index < -0.39 is 0 Å². The largest absolute Gasteiger partial charge is 0.374 e. The Balaban J connectivity index is 1.66. The number of hydrogen-bond donors (Lipinski definition) is 1. The van der Waals surface area contributed by atoms with Gasteiger partial charge in [0.2, 0.25) is 0 Å². The van der Waals surface area contributed by atoms with E-state index in [1.807, 2.05) is 12.4 Å². The van der Waals surface area contributed by atoms with Gasteiger partial charge in [0.05, 0.1) is 5.60 Å². The Kier molecular flexibility index (Phi) is 4.64. The fourth-order valence-corrected chi connectivity index (χ4v) is 4.93. The molecule has 4 heteroatoms. The predicted octanol–water partition coefficient (Wildman–Crippen LogP) is 2.51. The van der Waals surface area contributed by atoms with Crippen molar-refractivity contribution in [1.29, 1.82) is 0 Å². The van der Waals surface area contributed by atoms with Crippen LogP contribution in [0.2, 0.25) is 0 Å². The topological polar surface area (TPSA) is 34.2 Å². The molecule has 3 unspecified atom stereocenters. The molecule has 2 fully saturated rings. The lowest BCUT2D eigenvalue weighted by molar-refractivity contribution is -0.0847. The molecule has 110 valence electrons. The van der Waals surface area contributed by atoms with E-state index in [-0.39, 0.29) is 5.60 Å². The molecule has 0 saturated carbocycles. The van der Waals surface area contributed by atoms with Gasteiger partial charge >= 0.3 is 0 Å². The lowest BCUT2D eigenvalue weighted by Crippen LogP contribution is -2.47. The van der Waals surface area contributed by atoms with E-state index >= 15 is 0 Å². The zero-order valence-corrected chi connectivity index (χ0v) is 13.0. The average molecular weight is 292 g/mol. The molecule has 1 N–H and O–H groups in total. The highest BCUT2D eigenvalue weighted by atomic mass is 32.2. The first-order chi connectivity index (χ1) is 9.81. The van der Waals surface area contributed by atoms with Crippen LogP contribution >= 0.6 is 11.8 Å². The molecule has 0 aliphatic carbocycles. The summed E-state index contributed by atoms with van der Waals surface area (Å²) < 4.78 is 6.14. The summed E-state index contributed by atoms with van der Waals surface area (Å²) in [6, 6.07) is 4.80. The molecule has 2 aliphatic heterocycles. The number of likely N-dealkylation sites (N-methyl/N-ethyl adjacent to an activating group) is 1. The third-order valence-electron chi connectivity index (χ3n) is 4.74. The van der Waals surface area contributed by atoms with Gasteiger partial charge < -0.3 is 10.1 Å². The monoisotopic (exact) mass is 292 g/mol. The zero-order chi connectivity index (χ0) is 13.8. The summed E-state index contributed by atoms with van der Waals surface area (Å²) in [5, 5.41) is 3.54. The van der Waals surface area contributed by atoms with E-state index in [4.69, 9.17) is 4.74 Å². The van der Waals surface area contributed by atoms with Crippen LogP contribution in [-0.2, 0) is 11.2 Å². The van der Waals surface area contributed by atoms with Crippen LogP contribution in [0.4, 0.5) is 0 Å². The molecule has 3 rings (SSSR count). The molecule has 1 spiro atoms. The number of pyridine rings is 1. The smallest absolute Gasteiger partial charge is 0.0783 e. The molecule has 1 aromatic heterocycles. The first kappa shape index (κ1) is 14.4. The van der Waals surface area contributed by atoms with Crippen molar-refractivity contribution in [1.82, 2.24) is 10.3 Å². The molecule has 1 aromatic rings. The van der Waals surface area contributed by atoms with Crippen LogP contribution in [-0.4, -0.2) is 41.8 Å². The first-order valence-electron chi connectivity index (χ1n) is 7.59. The lowest BCUT2D eigenvalue weighted by Gasteiger charge is -2.41. The minimum atomic E-state index is 0.181. The summed E-state index contributed by atoms with van der Waals surface area (Å²) in [6.07, 6.45) is 8.51. The number of nitrogens with one attached hydrogen (secondary N) is 1. The van der Waals surface area contributed by atoms with E-state index in [1.165, 1.54) is 36.3 Å². The third kappa shape index (κ3) is 3.18. The van der Waals surface area contributed by atoms with Crippen molar-refractivity contribution >= 4 is 11.8 Å². The van der Waals surface area contributed by atoms with Gasteiger partial charge in [-0.05, 0) is 62.1 Å². The third-order valence-corrected chi connectivity index (χ3v) is 5.97. The van der Waals surface area contributed by atoms with Gasteiger partial charge in [-0.25, -0.2) is 0 Å². The second-order valence-corrected chi connectivity index (χ2v) is 7.15. The zero-order valence-electron chi connectivity index (χ0n) is 12.2. The van der Waals surface area contributed by atoms with E-state index in [0.717, 1.165) is 18.9 Å². The molecule has 0 radical (unpaired) electrons. The molecular formula is C16H24N2OS. The summed E-state index contributed by atoms with van der Waals surface area (Å²) >= 11 is 2.05. The molecule has 0 aromatic carbocycles. The van der Waals surface area contributed by atoms with E-state index in [2.05, 4.69) is 41.2 Å². The van der Waals surface area contributed by atoms with Gasteiger partial charge in [0.25, 0.3) is 0 Å². The summed E-state index contributed by atoms with van der Waals surface area (Å²) in [4.78, 5) is 4.11. The van der Waals surface area contributed by atoms with Crippen LogP contribution in [0.15, 0.2) is 24.5 Å². The van der Waals surface area contributed by atoms with Gasteiger partial charge in [-0.2, -0.15) is 11.8 Å². The molecule has 0 amide bonds. The number of hydrogen-bond acceptors (Lipinski definition) is 4. The van der Waals surface area contributed by atoms with Gasteiger partial charge in [-0.1, -0.05) is 0 Å². The van der Waals surface area contributed by atoms with Crippen LogP contribution in [0.25, 0.3) is 0 Å². The summed E-state index contributed by atoms with van der Waals surface area (Å²) in [5.74, 6) is 3.18. The molecule has 2 aliphatic rings. The molecular weight excluding hydrogens is 268 g/mol. The van der Waals surface area contributed by atoms with Crippen molar-refractivity contribution in [3.8, 4) is 0 Å². The SMILES string of the molecule is CNC(Cc1ccncc1)C1CCOC2(CCSC2)C1. The highest BCUT2D eigenvalue weighted by Gasteiger charge is 2.42. The van der Waals surface area contributed by atoms with Crippen LogP contribution in [0.5, 0.6) is 0 Å². The van der Waals surface area contributed by atoms with Crippen molar-refractivity contribution in [2.45, 2.75) is 37.3 Å². The van der Waals surface area contributed by atoms with Crippen LogP contribution in [0.1, 0.15) is 24.8 Å². The van der Waals surface area contributed by atoms with Gasteiger partial charge in [0.15, 0.2) is 0 Å². The average Bonchev–Trinajstić information content (AvgIpc) is 2.93. The first-order valence-corrected chi connectivity index (χ1v) is 8.75. The maximum Gasteiger partial charge on any atom is 0.0783 e. The van der Waals surface area contributed by atoms with Crippen molar-refractivity contribution < 1.29 is 4.74 Å². The highest BCUT2D eigenvalue weighted by Crippen LogP contribution is 2.41. The minimum absolute atomic E-state index is 0.181. The van der Waals surface area contributed by atoms with Crippen molar-refractivity contribution in [2.75, 3.05) is 25.2 Å². The molecule has 0 bridgehead atoms. The van der Waals surface area contributed by atoms with Crippen LogP contribution in [0, 0.1) is 5.92 Å². The Labute approximate surface area is 125 Å². The summed E-state index contributed by atoms with van der Waals surface area (Å²) in [5.41, 5.74) is 1.56. The molecule has 3 heterocycles. The Morgan fingerprint density at radius 1 is 1.50 bits per heavy atom. The predicted molar refractivity (Wildman–Crippen MR) is 84.1 cm³/mol. The van der Waals surface area contributed by atoms with E-state index in [9.17, 15) is 0 Å². The Morgan fingerprint density at radius 2 is 2.35 bits per heavy atom. The standard InChI is InChI=1S/C16H24N2OS/c1-17-15(10-13-2-6-18-7-3-13)14-4-8-19-16(11-14)5-9-20-12-16/h2-3,6-7,14-15,17H,4-5,8-12H2,1H3. The maximum atomic E-state index is 6.14. The Morgan fingerprint density at radius 3 is 3.05 bits per heavy atom. The summed E-state index contributed by atoms with van der Waals surface area (Å²) in [7, 11) is 2.09. The van der Waals surface area contributed by atoms with Gasteiger partial charge in [0, 0.05) is 30.8 Å². The maximum absolute atomic E-state index is 6.14. The minimum Gasteiger partial charge on any atom is -0.374 e. The second kappa shape index (κ2) is 6.46. The van der Waals surface area contributed by atoms with Gasteiger partial charge in [-0.15, -0.1) is 0 Å². The van der Waals surface area contributed by atoms with E-state index in [1.54, 1.807) is 0 Å². The summed E-state index contributed by atoms with van der Waals surface area (Å²) in [6.45, 7) is 0.930. The number of aromatic nitrogens is 1. The molecule has 2 saturated heterocycles. The van der Waals surface area contributed by atoms with E-state index in [0.29, 0.717) is 6.04 Å². The number of nitrogens with zero attached hydrogens (tertiary/aromatic N) is 1. The highest BCUT2D eigenvalue weighted by molar-refractivity contribution is 7.99. The number of rotatable bonds is 4. The van der Waals surface area contributed by atoms with Crippen LogP contribution in [0.3, 0.4) is 0 Å². The van der Waals surface area contributed by atoms with Gasteiger partial charge in [-0.3, -0.25) is 4.98 Å². The van der Waals surface area contributed by atoms with Crippen LogP contribution < -0.4 is 5.32 Å². The number of ether oxygens (including phenoxy) is 1. The molecule has 3 atom stereocenters. The Bertz CT molecular complexity index is 420. The molecule has 20 heavy (non-hydrogen) atoms. The second-order valence-electron chi connectivity index (χ2n) is 6.04. The number of thioether (sulfide) groups is 1. The normalized spacial score (nSPS) is 31.6. The van der Waals surface area contributed by atoms with Gasteiger partial charge in [0.1, 0.15) is 0 Å².